The summed E-state index contributed by atoms with van der Waals surface area (Å²) >= 11 is 0. The molecule has 0 bridgehead atoms. The number of hydrogen-bond donors (Lipinski definition) is 0. The fourth-order valence-electron chi connectivity index (χ4n) is 1.13. The second kappa shape index (κ2) is 16.5. The molecule has 0 rings (SSSR count). The highest BCUT2D eigenvalue weighted by Crippen LogP contribution is 2.10. The van der Waals surface area contributed by atoms with Gasteiger partial charge in [0.15, 0.2) is 0 Å². The zero-order valence-corrected chi connectivity index (χ0v) is 8.41. The molecule has 0 fully saturated rings. The van der Waals surface area contributed by atoms with Gasteiger partial charge < -0.3 is 0 Å². The predicted molar refractivity (Wildman–Crippen MR) is 57.1 cm³/mol. The van der Waals surface area contributed by atoms with Crippen LogP contribution < -0.4 is 0 Å². The average Bonchev–Trinajstić information content (AvgIpc) is 1.93. The molecule has 0 amide bonds. The molecule has 11 heavy (non-hydrogen) atoms. The molecule has 0 aliphatic heterocycles. The summed E-state index contributed by atoms with van der Waals surface area (Å²) in [6, 6.07) is 0. The van der Waals surface area contributed by atoms with Crippen LogP contribution in [0.25, 0.3) is 0 Å². The highest BCUT2D eigenvalue weighted by Gasteiger charge is 1.95. The molecule has 0 heterocycles. The minimum absolute atomic E-state index is 0. The van der Waals surface area contributed by atoms with Crippen molar-refractivity contribution in [2.24, 2.45) is 5.92 Å². The second-order valence-electron chi connectivity index (χ2n) is 2.68. The second-order valence-corrected chi connectivity index (χ2v) is 2.68. The third kappa shape index (κ3) is 17.8. The molecule has 0 radical (unpaired) electrons. The standard InChI is InChI=1S/C8H18.C2H6.CH4/c1-4-6-8(3)7-5-2;1-2;/h8H,4-7H2,1-3H3;1-2H3;1H4. The molecule has 0 aliphatic rings. The highest BCUT2D eigenvalue weighted by molar-refractivity contribution is 4.48. The van der Waals surface area contributed by atoms with Crippen LogP contribution in [0.15, 0.2) is 0 Å². The summed E-state index contributed by atoms with van der Waals surface area (Å²) in [5.74, 6) is 0.963. The lowest BCUT2D eigenvalue weighted by Gasteiger charge is -2.05. The van der Waals surface area contributed by atoms with Crippen molar-refractivity contribution in [1.29, 1.82) is 0 Å². The molecule has 0 N–H and O–H groups in total. The maximum absolute atomic E-state index is 2.34. The predicted octanol–water partition coefficient (Wildman–Crippen LogP) is 4.89. The maximum Gasteiger partial charge on any atom is -0.0443 e. The molecule has 0 aromatic heterocycles. The monoisotopic (exact) mass is 160 g/mol. The first-order valence-corrected chi connectivity index (χ1v) is 4.81. The molecule has 0 saturated carbocycles. The van der Waals surface area contributed by atoms with Crippen molar-refractivity contribution in [3.63, 3.8) is 0 Å². The molecular formula is C11H28. The van der Waals surface area contributed by atoms with Crippen molar-refractivity contribution in [3.8, 4) is 0 Å². The van der Waals surface area contributed by atoms with Crippen molar-refractivity contribution < 1.29 is 0 Å². The summed E-state index contributed by atoms with van der Waals surface area (Å²) in [6.45, 7) is 10.9. The van der Waals surface area contributed by atoms with Gasteiger partial charge in [-0.2, -0.15) is 0 Å². The van der Waals surface area contributed by atoms with Crippen LogP contribution in [-0.2, 0) is 0 Å². The molecule has 0 atom stereocenters. The summed E-state index contributed by atoms with van der Waals surface area (Å²) in [4.78, 5) is 0. The Labute approximate surface area is 74.4 Å². The molecule has 0 aromatic carbocycles. The molecule has 0 aromatic rings. The number of hydrogen-bond acceptors (Lipinski definition) is 0. The van der Waals surface area contributed by atoms with Gasteiger partial charge >= 0.3 is 0 Å². The van der Waals surface area contributed by atoms with Crippen LogP contribution in [0, 0.1) is 5.92 Å². The van der Waals surface area contributed by atoms with E-state index in [2.05, 4.69) is 20.8 Å². The first-order chi connectivity index (χ1) is 4.81. The van der Waals surface area contributed by atoms with Crippen LogP contribution in [0.5, 0.6) is 0 Å². The topological polar surface area (TPSA) is 0 Å². The van der Waals surface area contributed by atoms with E-state index < -0.39 is 0 Å². The van der Waals surface area contributed by atoms with Gasteiger partial charge in [0.1, 0.15) is 0 Å². The molecule has 0 unspecified atom stereocenters. The molecule has 0 aliphatic carbocycles. The average molecular weight is 160 g/mol. The zero-order chi connectivity index (χ0) is 8.41. The highest BCUT2D eigenvalue weighted by atomic mass is 14.0. The Balaban J connectivity index is -0.000000196. The molecular weight excluding hydrogens is 132 g/mol. The van der Waals surface area contributed by atoms with Crippen LogP contribution in [-0.4, -0.2) is 0 Å². The quantitative estimate of drug-likeness (QED) is 0.549. The van der Waals surface area contributed by atoms with Crippen molar-refractivity contribution >= 4 is 0 Å². The molecule has 0 heteroatoms. The van der Waals surface area contributed by atoms with Crippen molar-refractivity contribution in [2.45, 2.75) is 67.7 Å². The Hall–Kier alpha value is 0. The van der Waals surface area contributed by atoms with E-state index >= 15 is 0 Å². The summed E-state index contributed by atoms with van der Waals surface area (Å²) in [7, 11) is 0. The van der Waals surface area contributed by atoms with Crippen LogP contribution in [0.1, 0.15) is 67.7 Å². The van der Waals surface area contributed by atoms with Gasteiger partial charge in [-0.3, -0.25) is 0 Å². The van der Waals surface area contributed by atoms with Crippen LogP contribution >= 0.6 is 0 Å². The lowest BCUT2D eigenvalue weighted by molar-refractivity contribution is 0.480. The Bertz CT molecular complexity index is 33.3. The maximum atomic E-state index is 2.34. The van der Waals surface area contributed by atoms with Gasteiger partial charge in [-0.15, -0.1) is 0 Å². The number of rotatable bonds is 4. The van der Waals surface area contributed by atoms with Crippen LogP contribution in [0.4, 0.5) is 0 Å². The lowest BCUT2D eigenvalue weighted by Crippen LogP contribution is -1.91. The van der Waals surface area contributed by atoms with Crippen molar-refractivity contribution in [2.75, 3.05) is 0 Å². The van der Waals surface area contributed by atoms with Crippen molar-refractivity contribution in [3.05, 3.63) is 0 Å². The van der Waals surface area contributed by atoms with Gasteiger partial charge in [0.05, 0.1) is 0 Å². The molecule has 0 spiro atoms. The molecule has 72 valence electrons. The Morgan fingerprint density at radius 1 is 0.909 bits per heavy atom. The summed E-state index contributed by atoms with van der Waals surface area (Å²) in [6.07, 6.45) is 5.52. The van der Waals surface area contributed by atoms with Gasteiger partial charge in [0.2, 0.25) is 0 Å². The Kier molecular flexibility index (Phi) is 25.8. The largest absolute Gasteiger partial charge is 0.0776 e. The van der Waals surface area contributed by atoms with E-state index in [9.17, 15) is 0 Å². The lowest BCUT2D eigenvalue weighted by atomic mass is 10.0. The van der Waals surface area contributed by atoms with E-state index in [1.807, 2.05) is 13.8 Å². The summed E-state index contributed by atoms with van der Waals surface area (Å²) in [5, 5.41) is 0. The van der Waals surface area contributed by atoms with Gasteiger partial charge in [-0.1, -0.05) is 67.7 Å². The van der Waals surface area contributed by atoms with E-state index in [4.69, 9.17) is 0 Å². The zero-order valence-electron chi connectivity index (χ0n) is 8.41. The van der Waals surface area contributed by atoms with E-state index in [-0.39, 0.29) is 7.43 Å². The minimum Gasteiger partial charge on any atom is -0.0776 e. The SMILES string of the molecule is C.CC.CCCC(C)CCC. The minimum atomic E-state index is 0. The van der Waals surface area contributed by atoms with Crippen LogP contribution in [0.2, 0.25) is 0 Å². The van der Waals surface area contributed by atoms with E-state index in [0.717, 1.165) is 5.92 Å². The molecule has 0 nitrogen and oxygen atoms in total. The Morgan fingerprint density at radius 3 is 1.36 bits per heavy atom. The summed E-state index contributed by atoms with van der Waals surface area (Å²) in [5.41, 5.74) is 0. The van der Waals surface area contributed by atoms with E-state index in [1.165, 1.54) is 25.7 Å². The first-order valence-electron chi connectivity index (χ1n) is 4.81. The summed E-state index contributed by atoms with van der Waals surface area (Å²) < 4.78 is 0. The third-order valence-electron chi connectivity index (χ3n) is 1.56. The van der Waals surface area contributed by atoms with Crippen molar-refractivity contribution in [1.82, 2.24) is 0 Å². The Morgan fingerprint density at radius 2 is 1.18 bits per heavy atom. The molecule has 0 saturated heterocycles. The smallest absolute Gasteiger partial charge is 0.0443 e. The third-order valence-corrected chi connectivity index (χ3v) is 1.56. The van der Waals surface area contributed by atoms with E-state index in [0.29, 0.717) is 0 Å². The first kappa shape index (κ1) is 17.2. The van der Waals surface area contributed by atoms with E-state index in [1.54, 1.807) is 0 Å². The fraction of sp³-hybridized carbons (Fsp3) is 1.00. The normalized spacial score (nSPS) is 8.18. The van der Waals surface area contributed by atoms with Gasteiger partial charge in [0.25, 0.3) is 0 Å². The van der Waals surface area contributed by atoms with Gasteiger partial charge in [0, 0.05) is 0 Å². The fourth-order valence-corrected chi connectivity index (χ4v) is 1.13. The van der Waals surface area contributed by atoms with Gasteiger partial charge in [-0.25, -0.2) is 0 Å². The van der Waals surface area contributed by atoms with Crippen LogP contribution in [0.3, 0.4) is 0 Å². The van der Waals surface area contributed by atoms with Gasteiger partial charge in [-0.05, 0) is 5.92 Å².